The maximum Gasteiger partial charge on any atom is 0.224 e. The fourth-order valence-corrected chi connectivity index (χ4v) is 2.89. The second-order valence-corrected chi connectivity index (χ2v) is 6.31. The molecule has 2 aromatic rings. The first-order chi connectivity index (χ1) is 12.1. The SMILES string of the molecule is CCNCc1ccccc1NC(=O)CC(C)Cc1ccccc1OC.Cl. The molecule has 0 saturated carbocycles. The van der Waals surface area contributed by atoms with Crippen LogP contribution in [0.1, 0.15) is 31.4 Å². The first kappa shape index (κ1) is 22.0. The summed E-state index contributed by atoms with van der Waals surface area (Å²) in [4.78, 5) is 12.4. The highest BCUT2D eigenvalue weighted by Crippen LogP contribution is 2.23. The van der Waals surface area contributed by atoms with Gasteiger partial charge in [0.15, 0.2) is 0 Å². The van der Waals surface area contributed by atoms with Crippen LogP contribution in [0.2, 0.25) is 0 Å². The minimum atomic E-state index is 0. The van der Waals surface area contributed by atoms with E-state index in [9.17, 15) is 4.79 Å². The number of methoxy groups -OCH3 is 1. The molecule has 26 heavy (non-hydrogen) atoms. The summed E-state index contributed by atoms with van der Waals surface area (Å²) in [5.41, 5.74) is 3.13. The molecular formula is C21H29ClN2O2. The van der Waals surface area contributed by atoms with Crippen molar-refractivity contribution >= 4 is 24.0 Å². The van der Waals surface area contributed by atoms with Gasteiger partial charge in [-0.15, -0.1) is 12.4 Å². The Morgan fingerprint density at radius 2 is 1.73 bits per heavy atom. The molecule has 2 aromatic carbocycles. The van der Waals surface area contributed by atoms with E-state index in [1.165, 1.54) is 0 Å². The number of carbonyl (C=O) groups excluding carboxylic acids is 1. The molecule has 4 nitrogen and oxygen atoms in total. The molecule has 0 radical (unpaired) electrons. The lowest BCUT2D eigenvalue weighted by atomic mass is 9.97. The second-order valence-electron chi connectivity index (χ2n) is 6.31. The molecule has 1 amide bonds. The summed E-state index contributed by atoms with van der Waals surface area (Å²) in [5.74, 6) is 1.16. The monoisotopic (exact) mass is 376 g/mol. The van der Waals surface area contributed by atoms with Gasteiger partial charge in [0.2, 0.25) is 5.91 Å². The van der Waals surface area contributed by atoms with E-state index < -0.39 is 0 Å². The van der Waals surface area contributed by atoms with E-state index >= 15 is 0 Å². The zero-order valence-electron chi connectivity index (χ0n) is 15.7. The van der Waals surface area contributed by atoms with Crippen LogP contribution in [0.15, 0.2) is 48.5 Å². The van der Waals surface area contributed by atoms with Crippen molar-refractivity contribution in [3.05, 3.63) is 59.7 Å². The van der Waals surface area contributed by atoms with Gasteiger partial charge < -0.3 is 15.4 Å². The van der Waals surface area contributed by atoms with E-state index in [-0.39, 0.29) is 24.2 Å². The molecule has 0 saturated heterocycles. The summed E-state index contributed by atoms with van der Waals surface area (Å²) >= 11 is 0. The average Bonchev–Trinajstić information content (AvgIpc) is 2.61. The lowest BCUT2D eigenvalue weighted by Gasteiger charge is -2.15. The summed E-state index contributed by atoms with van der Waals surface area (Å²) in [6.45, 7) is 5.82. The van der Waals surface area contributed by atoms with E-state index in [0.29, 0.717) is 6.42 Å². The van der Waals surface area contributed by atoms with Crippen LogP contribution in [-0.2, 0) is 17.8 Å². The van der Waals surface area contributed by atoms with Gasteiger partial charge in [0, 0.05) is 18.7 Å². The molecule has 0 heterocycles. The highest BCUT2D eigenvalue weighted by atomic mass is 35.5. The number of amides is 1. The molecule has 1 atom stereocenters. The molecular weight excluding hydrogens is 348 g/mol. The molecule has 5 heteroatoms. The van der Waals surface area contributed by atoms with Crippen LogP contribution < -0.4 is 15.4 Å². The van der Waals surface area contributed by atoms with Crippen molar-refractivity contribution in [3.8, 4) is 5.75 Å². The number of rotatable bonds is 9. The van der Waals surface area contributed by atoms with E-state index in [4.69, 9.17) is 4.74 Å². The van der Waals surface area contributed by atoms with Gasteiger partial charge in [-0.1, -0.05) is 50.2 Å². The quantitative estimate of drug-likeness (QED) is 0.680. The van der Waals surface area contributed by atoms with E-state index in [0.717, 1.165) is 42.1 Å². The first-order valence-electron chi connectivity index (χ1n) is 8.84. The largest absolute Gasteiger partial charge is 0.496 e. The molecule has 2 rings (SSSR count). The number of ether oxygens (including phenoxy) is 1. The Balaban J connectivity index is 0.00000338. The number of para-hydroxylation sites is 2. The van der Waals surface area contributed by atoms with Gasteiger partial charge in [0.1, 0.15) is 5.75 Å². The zero-order chi connectivity index (χ0) is 18.1. The van der Waals surface area contributed by atoms with Gasteiger partial charge >= 0.3 is 0 Å². The zero-order valence-corrected chi connectivity index (χ0v) is 16.6. The Labute approximate surface area is 162 Å². The summed E-state index contributed by atoms with van der Waals surface area (Å²) in [7, 11) is 1.68. The smallest absolute Gasteiger partial charge is 0.224 e. The van der Waals surface area contributed by atoms with Gasteiger partial charge in [-0.2, -0.15) is 0 Å². The normalized spacial score (nSPS) is 11.3. The van der Waals surface area contributed by atoms with Crippen molar-refractivity contribution in [1.29, 1.82) is 0 Å². The molecule has 1 unspecified atom stereocenters. The Hall–Kier alpha value is -2.04. The number of anilines is 1. The molecule has 0 aliphatic carbocycles. The summed E-state index contributed by atoms with van der Waals surface area (Å²) in [6.07, 6.45) is 1.30. The minimum Gasteiger partial charge on any atom is -0.496 e. The van der Waals surface area contributed by atoms with Crippen molar-refractivity contribution in [2.24, 2.45) is 5.92 Å². The first-order valence-corrected chi connectivity index (χ1v) is 8.84. The van der Waals surface area contributed by atoms with E-state index in [1.807, 2.05) is 42.5 Å². The molecule has 2 N–H and O–H groups in total. The molecule has 0 bridgehead atoms. The van der Waals surface area contributed by atoms with Crippen LogP contribution >= 0.6 is 12.4 Å². The maximum atomic E-state index is 12.4. The minimum absolute atomic E-state index is 0. The maximum absolute atomic E-state index is 12.4. The van der Waals surface area contributed by atoms with Gasteiger partial charge in [-0.3, -0.25) is 4.79 Å². The molecule has 0 spiro atoms. The fraction of sp³-hybridized carbons (Fsp3) is 0.381. The van der Waals surface area contributed by atoms with Crippen molar-refractivity contribution in [1.82, 2.24) is 5.32 Å². The van der Waals surface area contributed by atoms with Gasteiger partial charge in [-0.05, 0) is 42.1 Å². The lowest BCUT2D eigenvalue weighted by Crippen LogP contribution is -2.19. The topological polar surface area (TPSA) is 50.4 Å². The number of hydrogen-bond acceptors (Lipinski definition) is 3. The summed E-state index contributed by atoms with van der Waals surface area (Å²) in [6, 6.07) is 15.9. The summed E-state index contributed by atoms with van der Waals surface area (Å²) in [5, 5.41) is 6.35. The number of hydrogen-bond donors (Lipinski definition) is 2. The predicted octanol–water partition coefficient (Wildman–Crippen LogP) is 4.43. The number of halogens is 1. The number of nitrogens with one attached hydrogen (secondary N) is 2. The highest BCUT2D eigenvalue weighted by Gasteiger charge is 2.13. The standard InChI is InChI=1S/C21H28N2O2.ClH/c1-4-22-15-18-10-5-7-11-19(18)23-21(24)14-16(2)13-17-9-6-8-12-20(17)25-3;/h5-12,16,22H,4,13-15H2,1-3H3,(H,23,24);1H. The average molecular weight is 377 g/mol. The van der Waals surface area contributed by atoms with Crippen molar-refractivity contribution < 1.29 is 9.53 Å². The van der Waals surface area contributed by atoms with Gasteiger partial charge in [0.25, 0.3) is 0 Å². The third-order valence-corrected chi connectivity index (χ3v) is 4.15. The Bertz CT molecular complexity index is 691. The van der Waals surface area contributed by atoms with Crippen LogP contribution in [-0.4, -0.2) is 19.6 Å². The Morgan fingerprint density at radius 1 is 1.08 bits per heavy atom. The van der Waals surface area contributed by atoms with Crippen LogP contribution in [0.4, 0.5) is 5.69 Å². The van der Waals surface area contributed by atoms with Crippen molar-refractivity contribution in [3.63, 3.8) is 0 Å². The second kappa shape index (κ2) is 11.6. The molecule has 0 aliphatic heterocycles. The number of benzene rings is 2. The van der Waals surface area contributed by atoms with Gasteiger partial charge in [0.05, 0.1) is 7.11 Å². The van der Waals surface area contributed by atoms with Crippen LogP contribution in [0.25, 0.3) is 0 Å². The molecule has 0 aromatic heterocycles. The van der Waals surface area contributed by atoms with Crippen LogP contribution in [0, 0.1) is 5.92 Å². The third kappa shape index (κ3) is 6.70. The van der Waals surface area contributed by atoms with Crippen molar-refractivity contribution in [2.75, 3.05) is 19.0 Å². The fourth-order valence-electron chi connectivity index (χ4n) is 2.89. The molecule has 0 fully saturated rings. The van der Waals surface area contributed by atoms with Crippen LogP contribution in [0.3, 0.4) is 0 Å². The summed E-state index contributed by atoms with van der Waals surface area (Å²) < 4.78 is 5.39. The number of carbonyl (C=O) groups is 1. The lowest BCUT2D eigenvalue weighted by molar-refractivity contribution is -0.116. The highest BCUT2D eigenvalue weighted by molar-refractivity contribution is 5.91. The van der Waals surface area contributed by atoms with Gasteiger partial charge in [-0.25, -0.2) is 0 Å². The third-order valence-electron chi connectivity index (χ3n) is 4.15. The van der Waals surface area contributed by atoms with Crippen LogP contribution in [0.5, 0.6) is 5.75 Å². The molecule has 142 valence electrons. The van der Waals surface area contributed by atoms with E-state index in [1.54, 1.807) is 7.11 Å². The Kier molecular flexibility index (Phi) is 9.78. The molecule has 0 aliphatic rings. The van der Waals surface area contributed by atoms with Crippen molar-refractivity contribution in [2.45, 2.75) is 33.2 Å². The Morgan fingerprint density at radius 3 is 2.42 bits per heavy atom. The predicted molar refractivity (Wildman–Crippen MR) is 110 cm³/mol. The van der Waals surface area contributed by atoms with E-state index in [2.05, 4.69) is 30.5 Å².